The molecule has 0 saturated carbocycles. The third-order valence-corrected chi connectivity index (χ3v) is 1.11. The van der Waals surface area contributed by atoms with Gasteiger partial charge in [0.1, 0.15) is 0 Å². The number of allylic oxidation sites excluding steroid dienone is 1. The summed E-state index contributed by atoms with van der Waals surface area (Å²) in [5, 5.41) is 9.73. The predicted octanol–water partition coefficient (Wildman–Crippen LogP) is 0.487. The number of hydrogen-bond donors (Lipinski definition) is 2. The van der Waals surface area contributed by atoms with Gasteiger partial charge >= 0.3 is 0 Å². The summed E-state index contributed by atoms with van der Waals surface area (Å²) < 4.78 is 5.12. The Morgan fingerprint density at radius 1 is 1.67 bits per heavy atom. The van der Waals surface area contributed by atoms with Crippen LogP contribution in [0.15, 0.2) is 12.0 Å². The zero-order valence-corrected chi connectivity index (χ0v) is 5.18. The monoisotopic (exact) mass is 126 g/mol. The highest BCUT2D eigenvalue weighted by atomic mass is 16.5. The molecule has 0 amide bonds. The zero-order chi connectivity index (χ0) is 6.53. The fourth-order valence-electron chi connectivity index (χ4n) is 0.700. The SMILES string of the molecule is N=C/C=C1\NCCCO1. The minimum absolute atomic E-state index is 0.719. The van der Waals surface area contributed by atoms with Gasteiger partial charge in [-0.15, -0.1) is 0 Å². The fraction of sp³-hybridized carbons (Fsp3) is 0.500. The van der Waals surface area contributed by atoms with Crippen molar-refractivity contribution in [3.63, 3.8) is 0 Å². The van der Waals surface area contributed by atoms with E-state index in [4.69, 9.17) is 10.1 Å². The van der Waals surface area contributed by atoms with Gasteiger partial charge < -0.3 is 15.5 Å². The molecule has 1 rings (SSSR count). The molecule has 50 valence electrons. The van der Waals surface area contributed by atoms with Gasteiger partial charge in [-0.2, -0.15) is 0 Å². The lowest BCUT2D eigenvalue weighted by Crippen LogP contribution is -2.24. The first-order valence-corrected chi connectivity index (χ1v) is 3.01. The van der Waals surface area contributed by atoms with Gasteiger partial charge in [0.25, 0.3) is 0 Å². The second-order valence-electron chi connectivity index (χ2n) is 1.83. The van der Waals surface area contributed by atoms with Crippen LogP contribution in [-0.4, -0.2) is 19.4 Å². The molecule has 1 saturated heterocycles. The molecule has 0 radical (unpaired) electrons. The molecule has 3 nitrogen and oxygen atoms in total. The van der Waals surface area contributed by atoms with Gasteiger partial charge in [-0.25, -0.2) is 0 Å². The predicted molar refractivity (Wildman–Crippen MR) is 35.4 cm³/mol. The van der Waals surface area contributed by atoms with Crippen LogP contribution in [0.3, 0.4) is 0 Å². The normalized spacial score (nSPS) is 22.4. The Labute approximate surface area is 54.2 Å². The molecule has 1 fully saturated rings. The quantitative estimate of drug-likeness (QED) is 0.502. The Kier molecular flexibility index (Phi) is 2.13. The maximum absolute atomic E-state index is 6.72. The summed E-state index contributed by atoms with van der Waals surface area (Å²) in [6, 6.07) is 0. The summed E-state index contributed by atoms with van der Waals surface area (Å²) in [6.45, 7) is 1.73. The molecule has 2 N–H and O–H groups in total. The first-order chi connectivity index (χ1) is 4.43. The zero-order valence-electron chi connectivity index (χ0n) is 5.18. The molecule has 0 spiro atoms. The molecule has 1 aliphatic rings. The molecule has 9 heavy (non-hydrogen) atoms. The van der Waals surface area contributed by atoms with Crippen molar-refractivity contribution in [2.45, 2.75) is 6.42 Å². The third kappa shape index (κ3) is 1.76. The largest absolute Gasteiger partial charge is 0.479 e. The van der Waals surface area contributed by atoms with E-state index >= 15 is 0 Å². The first kappa shape index (κ1) is 6.13. The van der Waals surface area contributed by atoms with Crippen LogP contribution in [-0.2, 0) is 4.74 Å². The second-order valence-corrected chi connectivity index (χ2v) is 1.83. The summed E-state index contributed by atoms with van der Waals surface area (Å²) in [6.07, 6.45) is 3.88. The van der Waals surface area contributed by atoms with Crippen molar-refractivity contribution in [3.8, 4) is 0 Å². The van der Waals surface area contributed by atoms with Gasteiger partial charge in [-0.1, -0.05) is 0 Å². The van der Waals surface area contributed by atoms with Gasteiger partial charge in [-0.3, -0.25) is 0 Å². The van der Waals surface area contributed by atoms with E-state index in [1.165, 1.54) is 6.21 Å². The Bertz CT molecular complexity index is 123. The van der Waals surface area contributed by atoms with Crippen LogP contribution in [0.5, 0.6) is 0 Å². The average Bonchev–Trinajstić information content (AvgIpc) is 1.91. The molecule has 3 heteroatoms. The second kappa shape index (κ2) is 3.12. The van der Waals surface area contributed by atoms with Crippen LogP contribution in [0.25, 0.3) is 0 Å². The highest BCUT2D eigenvalue weighted by Crippen LogP contribution is 1.98. The van der Waals surface area contributed by atoms with Gasteiger partial charge in [-0.05, 0) is 6.42 Å². The minimum Gasteiger partial charge on any atom is -0.479 e. The number of rotatable bonds is 1. The van der Waals surface area contributed by atoms with Crippen LogP contribution in [0.1, 0.15) is 6.42 Å². The maximum Gasteiger partial charge on any atom is 0.188 e. The topological polar surface area (TPSA) is 45.1 Å². The summed E-state index contributed by atoms with van der Waals surface area (Å²) in [4.78, 5) is 0. The number of ether oxygens (including phenoxy) is 1. The lowest BCUT2D eigenvalue weighted by atomic mass is 10.4. The Morgan fingerprint density at radius 2 is 2.56 bits per heavy atom. The Hall–Kier alpha value is -0.990. The standard InChI is InChI=1S/C6H10N2O/c7-3-2-6-8-4-1-5-9-6/h2-3,7-8H,1,4-5H2/b6-2+,7-3?. The average molecular weight is 126 g/mol. The van der Waals surface area contributed by atoms with Gasteiger partial charge in [0.2, 0.25) is 0 Å². The Balaban J connectivity index is 2.39. The van der Waals surface area contributed by atoms with Crippen LogP contribution in [0.4, 0.5) is 0 Å². The highest BCUT2D eigenvalue weighted by molar-refractivity contribution is 5.68. The molecule has 1 heterocycles. The van der Waals surface area contributed by atoms with E-state index in [1.54, 1.807) is 6.08 Å². The molecule has 0 aromatic heterocycles. The fourth-order valence-corrected chi connectivity index (χ4v) is 0.700. The van der Waals surface area contributed by atoms with E-state index in [9.17, 15) is 0 Å². The van der Waals surface area contributed by atoms with Crippen molar-refractivity contribution in [1.82, 2.24) is 5.32 Å². The van der Waals surface area contributed by atoms with Crippen molar-refractivity contribution in [1.29, 1.82) is 5.41 Å². The Morgan fingerprint density at radius 3 is 3.11 bits per heavy atom. The van der Waals surface area contributed by atoms with E-state index < -0.39 is 0 Å². The van der Waals surface area contributed by atoms with Crippen molar-refractivity contribution in [3.05, 3.63) is 12.0 Å². The van der Waals surface area contributed by atoms with E-state index in [1.807, 2.05) is 0 Å². The molecule has 1 aliphatic heterocycles. The van der Waals surface area contributed by atoms with Crippen LogP contribution >= 0.6 is 0 Å². The summed E-state index contributed by atoms with van der Waals surface area (Å²) >= 11 is 0. The molecule has 0 aromatic carbocycles. The van der Waals surface area contributed by atoms with Crippen LogP contribution in [0.2, 0.25) is 0 Å². The smallest absolute Gasteiger partial charge is 0.188 e. The molecular formula is C6H10N2O. The summed E-state index contributed by atoms with van der Waals surface area (Å²) in [5.74, 6) is 0.719. The molecular weight excluding hydrogens is 116 g/mol. The van der Waals surface area contributed by atoms with Crippen LogP contribution < -0.4 is 5.32 Å². The summed E-state index contributed by atoms with van der Waals surface area (Å²) in [7, 11) is 0. The van der Waals surface area contributed by atoms with Crippen molar-refractivity contribution in [2.75, 3.05) is 13.2 Å². The lowest BCUT2D eigenvalue weighted by molar-refractivity contribution is 0.158. The van der Waals surface area contributed by atoms with E-state index in [0.29, 0.717) is 0 Å². The summed E-state index contributed by atoms with van der Waals surface area (Å²) in [5.41, 5.74) is 0. The van der Waals surface area contributed by atoms with Crippen molar-refractivity contribution in [2.24, 2.45) is 0 Å². The minimum atomic E-state index is 0.719. The van der Waals surface area contributed by atoms with E-state index in [2.05, 4.69) is 5.32 Å². The van der Waals surface area contributed by atoms with Crippen molar-refractivity contribution < 1.29 is 4.74 Å². The third-order valence-electron chi connectivity index (χ3n) is 1.11. The van der Waals surface area contributed by atoms with E-state index in [0.717, 1.165) is 25.5 Å². The molecule has 0 aromatic rings. The number of nitrogens with one attached hydrogen (secondary N) is 2. The maximum atomic E-state index is 6.72. The van der Waals surface area contributed by atoms with Gasteiger partial charge in [0.05, 0.1) is 6.61 Å². The molecule has 0 unspecified atom stereocenters. The van der Waals surface area contributed by atoms with Crippen molar-refractivity contribution >= 4 is 6.21 Å². The first-order valence-electron chi connectivity index (χ1n) is 3.01. The molecule has 0 bridgehead atoms. The highest BCUT2D eigenvalue weighted by Gasteiger charge is 2.01. The van der Waals surface area contributed by atoms with E-state index in [-0.39, 0.29) is 0 Å². The van der Waals surface area contributed by atoms with Crippen LogP contribution in [0, 0.1) is 5.41 Å². The molecule has 0 atom stereocenters. The van der Waals surface area contributed by atoms with Gasteiger partial charge in [0, 0.05) is 18.8 Å². The van der Waals surface area contributed by atoms with Gasteiger partial charge in [0.15, 0.2) is 5.88 Å². The molecule has 0 aliphatic carbocycles. The number of hydrogen-bond acceptors (Lipinski definition) is 3. The lowest BCUT2D eigenvalue weighted by Gasteiger charge is -2.16.